The number of benzene rings is 3. The molecule has 0 saturated carbocycles. The van der Waals surface area contributed by atoms with Crippen LogP contribution in [0.25, 0.3) is 0 Å². The average Bonchev–Trinajstić information content (AvgIpc) is 2.79. The predicted molar refractivity (Wildman–Crippen MR) is 122 cm³/mol. The van der Waals surface area contributed by atoms with Gasteiger partial charge in [0.2, 0.25) is 5.96 Å². The second-order valence-electron chi connectivity index (χ2n) is 6.47. The van der Waals surface area contributed by atoms with Gasteiger partial charge in [-0.2, -0.15) is 13.5 Å². The van der Waals surface area contributed by atoms with Crippen molar-refractivity contribution < 1.29 is 22.9 Å². The molecule has 3 aromatic rings. The highest BCUT2D eigenvalue weighted by molar-refractivity contribution is 7.85. The molecule has 32 heavy (non-hydrogen) atoms. The largest absolute Gasteiger partial charge is 0.489 e. The Morgan fingerprint density at radius 2 is 1.66 bits per heavy atom. The molecule has 0 aliphatic rings. The van der Waals surface area contributed by atoms with Gasteiger partial charge < -0.3 is 10.5 Å². The number of aryl methyl sites for hydroxylation is 1. The summed E-state index contributed by atoms with van der Waals surface area (Å²) in [7, 11) is -4.02. The van der Waals surface area contributed by atoms with Crippen molar-refractivity contribution in [2.24, 2.45) is 15.9 Å². The first-order chi connectivity index (χ1) is 15.3. The van der Waals surface area contributed by atoms with Crippen LogP contribution < -0.4 is 16.0 Å². The Hall–Kier alpha value is -3.73. The van der Waals surface area contributed by atoms with Gasteiger partial charge in [-0.15, -0.1) is 5.10 Å². The number of rotatable bonds is 6. The maximum absolute atomic E-state index is 10.5. The molecule has 0 aliphatic carbocycles. The van der Waals surface area contributed by atoms with E-state index in [0.717, 1.165) is 22.4 Å². The van der Waals surface area contributed by atoms with Gasteiger partial charge in [-0.25, -0.2) is 5.48 Å². The fraction of sp³-hybridized carbons (Fsp3) is 0.0909. The summed E-state index contributed by atoms with van der Waals surface area (Å²) in [5, 5.41) is 15.6. The number of nitrogens with one attached hydrogen (secondary N) is 1. The number of nitrogens with two attached hydrogens (primary N) is 1. The molecule has 0 radical (unpaired) electrons. The van der Waals surface area contributed by atoms with Gasteiger partial charge in [0.25, 0.3) is 10.1 Å². The van der Waals surface area contributed by atoms with Crippen molar-refractivity contribution in [3.8, 4) is 5.75 Å². The molecular formula is C22H24N4O5S. The summed E-state index contributed by atoms with van der Waals surface area (Å²) in [5.74, 6) is 0.602. The Morgan fingerprint density at radius 1 is 1.03 bits per heavy atom. The van der Waals surface area contributed by atoms with Gasteiger partial charge in [0.15, 0.2) is 0 Å². The number of hydrogen-bond donors (Lipinski definition) is 4. The van der Waals surface area contributed by atoms with Gasteiger partial charge in [0.05, 0.1) is 11.1 Å². The van der Waals surface area contributed by atoms with E-state index in [-0.39, 0.29) is 10.9 Å². The highest BCUT2D eigenvalue weighted by Crippen LogP contribution is 2.13. The van der Waals surface area contributed by atoms with E-state index in [0.29, 0.717) is 6.61 Å². The Kier molecular flexibility index (Phi) is 9.36. The van der Waals surface area contributed by atoms with E-state index in [1.807, 2.05) is 61.5 Å². The number of nitrogens with zero attached hydrogens (tertiary/aromatic N) is 2. The second kappa shape index (κ2) is 12.2. The molecule has 0 aromatic heterocycles. The molecule has 0 heterocycles. The van der Waals surface area contributed by atoms with Crippen LogP contribution in [0.3, 0.4) is 0 Å². The van der Waals surface area contributed by atoms with Crippen LogP contribution in [0.2, 0.25) is 0 Å². The van der Waals surface area contributed by atoms with Crippen LogP contribution >= 0.6 is 0 Å². The molecule has 0 unspecified atom stereocenters. The molecule has 9 nitrogen and oxygen atoms in total. The number of ether oxygens (including phenoxy) is 1. The molecule has 0 amide bonds. The highest BCUT2D eigenvalue weighted by atomic mass is 32.2. The molecule has 5 N–H and O–H groups in total. The van der Waals surface area contributed by atoms with Crippen LogP contribution in [-0.2, 0) is 16.7 Å². The fourth-order valence-corrected chi connectivity index (χ4v) is 2.76. The molecule has 10 heteroatoms. The Morgan fingerprint density at radius 3 is 2.22 bits per heavy atom. The molecule has 0 spiro atoms. The summed E-state index contributed by atoms with van der Waals surface area (Å²) < 4.78 is 35.2. The van der Waals surface area contributed by atoms with Gasteiger partial charge in [0.1, 0.15) is 12.4 Å². The van der Waals surface area contributed by atoms with Gasteiger partial charge in [0, 0.05) is 0 Å². The molecule has 0 aliphatic heterocycles. The molecule has 168 valence electrons. The molecule has 3 rings (SSSR count). The Balaban J connectivity index is 0.000000278. The van der Waals surface area contributed by atoms with Gasteiger partial charge in [-0.3, -0.25) is 9.76 Å². The van der Waals surface area contributed by atoms with Crippen molar-refractivity contribution >= 4 is 22.3 Å². The molecule has 0 saturated heterocycles. The first-order valence-electron chi connectivity index (χ1n) is 9.35. The van der Waals surface area contributed by atoms with Crippen LogP contribution in [-0.4, -0.2) is 30.4 Å². The number of hydrogen-bond acceptors (Lipinski definition) is 6. The molecule has 0 fully saturated rings. The van der Waals surface area contributed by atoms with Crippen molar-refractivity contribution in [1.29, 1.82) is 0 Å². The fourth-order valence-electron chi connectivity index (χ4n) is 2.28. The van der Waals surface area contributed by atoms with Crippen molar-refractivity contribution in [3.63, 3.8) is 0 Å². The second-order valence-corrected chi connectivity index (χ2v) is 7.89. The number of hydroxylamine groups is 1. The van der Waals surface area contributed by atoms with Crippen LogP contribution in [0.15, 0.2) is 94.0 Å². The van der Waals surface area contributed by atoms with Gasteiger partial charge in [-0.05, 0) is 54.4 Å². The van der Waals surface area contributed by atoms with Crippen molar-refractivity contribution in [3.05, 3.63) is 95.6 Å². The zero-order valence-corrected chi connectivity index (χ0v) is 18.1. The van der Waals surface area contributed by atoms with Crippen LogP contribution in [0.5, 0.6) is 5.75 Å². The molecular weight excluding hydrogens is 432 g/mol. The molecule has 0 atom stereocenters. The number of guanidine groups is 1. The standard InChI is InChI=1S/C15H16N4O2.C7H8O3S/c16-15(19-20)18-17-10-12-6-8-14(9-7-12)21-11-13-4-2-1-3-5-13;1-6-2-4-7(5-3-6)11(8,9)10/h1-10,20H,11H2,(H3,16,18,19);2-5H,1H3,(H,8,9,10)/b17-10-;. The van der Waals surface area contributed by atoms with Gasteiger partial charge in [-0.1, -0.05) is 48.0 Å². The van der Waals surface area contributed by atoms with Gasteiger partial charge >= 0.3 is 0 Å². The predicted octanol–water partition coefficient (Wildman–Crippen LogP) is 3.13. The smallest absolute Gasteiger partial charge is 0.294 e. The van der Waals surface area contributed by atoms with Crippen molar-refractivity contribution in [1.82, 2.24) is 5.48 Å². The lowest BCUT2D eigenvalue weighted by atomic mass is 10.2. The summed E-state index contributed by atoms with van der Waals surface area (Å²) in [6.07, 6.45) is 1.52. The van der Waals surface area contributed by atoms with E-state index >= 15 is 0 Å². The van der Waals surface area contributed by atoms with E-state index in [4.69, 9.17) is 20.2 Å². The zero-order chi connectivity index (χ0) is 23.4. The summed E-state index contributed by atoms with van der Waals surface area (Å²) in [4.78, 5) is -0.0666. The van der Waals surface area contributed by atoms with Crippen molar-refractivity contribution in [2.45, 2.75) is 18.4 Å². The highest BCUT2D eigenvalue weighted by Gasteiger charge is 2.06. The molecule has 3 aromatic carbocycles. The normalized spacial score (nSPS) is 11.5. The van der Waals surface area contributed by atoms with E-state index in [9.17, 15) is 8.42 Å². The lowest BCUT2D eigenvalue weighted by molar-refractivity contribution is 0.232. The van der Waals surface area contributed by atoms with E-state index < -0.39 is 10.1 Å². The third-order valence-electron chi connectivity index (χ3n) is 3.93. The van der Waals surface area contributed by atoms with Crippen LogP contribution in [0.4, 0.5) is 0 Å². The van der Waals surface area contributed by atoms with E-state index in [1.54, 1.807) is 17.6 Å². The molecule has 0 bridgehead atoms. The van der Waals surface area contributed by atoms with Crippen molar-refractivity contribution in [2.75, 3.05) is 0 Å². The van der Waals surface area contributed by atoms with Crippen LogP contribution in [0, 0.1) is 6.92 Å². The monoisotopic (exact) mass is 456 g/mol. The SMILES string of the molecule is Cc1ccc(S(=O)(=O)O)cc1.N/C(=N\N=C/c1ccc(OCc2ccccc2)cc1)NO. The Labute approximate surface area is 186 Å². The third kappa shape index (κ3) is 8.96. The summed E-state index contributed by atoms with van der Waals surface area (Å²) in [6.45, 7) is 2.37. The minimum Gasteiger partial charge on any atom is -0.489 e. The van der Waals surface area contributed by atoms with E-state index in [2.05, 4.69) is 10.2 Å². The average molecular weight is 457 g/mol. The quantitative estimate of drug-likeness (QED) is 0.193. The first kappa shape index (κ1) is 24.5. The minimum atomic E-state index is -4.02. The lowest BCUT2D eigenvalue weighted by Gasteiger charge is -2.06. The maximum Gasteiger partial charge on any atom is 0.294 e. The Bertz CT molecular complexity index is 1130. The minimum absolute atomic E-state index is 0.0666. The third-order valence-corrected chi connectivity index (χ3v) is 4.80. The van der Waals surface area contributed by atoms with E-state index in [1.165, 1.54) is 18.3 Å². The summed E-state index contributed by atoms with van der Waals surface area (Å²) >= 11 is 0. The zero-order valence-electron chi connectivity index (χ0n) is 17.3. The lowest BCUT2D eigenvalue weighted by Crippen LogP contribution is -2.27. The first-order valence-corrected chi connectivity index (χ1v) is 10.8. The maximum atomic E-state index is 10.5. The summed E-state index contributed by atoms with van der Waals surface area (Å²) in [5.41, 5.74) is 9.81. The summed E-state index contributed by atoms with van der Waals surface area (Å²) in [6, 6.07) is 23.3. The topological polar surface area (TPSA) is 147 Å². The van der Waals surface area contributed by atoms with Crippen LogP contribution in [0.1, 0.15) is 16.7 Å².